The zero-order chi connectivity index (χ0) is 19.4. The van der Waals surface area contributed by atoms with Crippen molar-refractivity contribution in [3.8, 4) is 0 Å². The molecule has 0 aromatic heterocycles. The smallest absolute Gasteiger partial charge is 0.241 e. The predicted molar refractivity (Wildman–Crippen MR) is 106 cm³/mol. The van der Waals surface area contributed by atoms with Gasteiger partial charge in [-0.25, -0.2) is 13.1 Å². The molecule has 7 heteroatoms. The third kappa shape index (κ3) is 4.67. The number of amides is 1. The molecule has 0 spiro atoms. The molecule has 1 saturated heterocycles. The van der Waals surface area contributed by atoms with Crippen molar-refractivity contribution >= 4 is 21.6 Å². The molecule has 0 saturated carbocycles. The summed E-state index contributed by atoms with van der Waals surface area (Å²) < 4.78 is 27.0. The second-order valence-electron chi connectivity index (χ2n) is 6.79. The van der Waals surface area contributed by atoms with E-state index in [4.69, 9.17) is 0 Å². The minimum atomic E-state index is -3.68. The van der Waals surface area contributed by atoms with Crippen LogP contribution in [0, 0.1) is 13.8 Å². The summed E-state index contributed by atoms with van der Waals surface area (Å²) in [4.78, 5) is 16.6. The van der Waals surface area contributed by atoms with E-state index in [-0.39, 0.29) is 17.3 Å². The summed E-state index contributed by atoms with van der Waals surface area (Å²) in [6.07, 6.45) is 0. The van der Waals surface area contributed by atoms with Crippen molar-refractivity contribution in [3.63, 3.8) is 0 Å². The molecule has 1 N–H and O–H groups in total. The third-order valence-corrected chi connectivity index (χ3v) is 6.25. The van der Waals surface area contributed by atoms with E-state index in [1.807, 2.05) is 19.1 Å². The molecule has 3 rings (SSSR count). The first-order valence-corrected chi connectivity index (χ1v) is 10.5. The van der Waals surface area contributed by atoms with Gasteiger partial charge in [0.25, 0.3) is 0 Å². The van der Waals surface area contributed by atoms with Crippen LogP contribution in [0.2, 0.25) is 0 Å². The number of piperazine rings is 1. The lowest BCUT2D eigenvalue weighted by atomic mass is 10.1. The van der Waals surface area contributed by atoms with Crippen LogP contribution < -0.4 is 9.62 Å². The van der Waals surface area contributed by atoms with Gasteiger partial charge in [-0.05, 0) is 37.6 Å². The Bertz CT molecular complexity index is 902. The number of hydrogen-bond acceptors (Lipinski definition) is 4. The van der Waals surface area contributed by atoms with Gasteiger partial charge in [0.05, 0.1) is 11.4 Å². The Balaban J connectivity index is 1.54. The third-order valence-electron chi connectivity index (χ3n) is 4.83. The first kappa shape index (κ1) is 19.4. The molecule has 0 atom stereocenters. The minimum absolute atomic E-state index is 0.172. The normalized spacial score (nSPS) is 15.0. The fourth-order valence-electron chi connectivity index (χ4n) is 3.18. The van der Waals surface area contributed by atoms with Crippen molar-refractivity contribution < 1.29 is 13.2 Å². The van der Waals surface area contributed by atoms with Crippen molar-refractivity contribution in [2.75, 3.05) is 37.6 Å². The Morgan fingerprint density at radius 3 is 2.22 bits per heavy atom. The quantitative estimate of drug-likeness (QED) is 0.851. The minimum Gasteiger partial charge on any atom is -0.368 e. The summed E-state index contributed by atoms with van der Waals surface area (Å²) in [7, 11) is -3.68. The highest BCUT2D eigenvalue weighted by atomic mass is 32.2. The highest BCUT2D eigenvalue weighted by Gasteiger charge is 2.23. The van der Waals surface area contributed by atoms with Gasteiger partial charge in [-0.1, -0.05) is 35.9 Å². The molecule has 0 bridgehead atoms. The second-order valence-corrected chi connectivity index (χ2v) is 8.56. The van der Waals surface area contributed by atoms with E-state index in [0.717, 1.165) is 18.7 Å². The molecule has 6 nitrogen and oxygen atoms in total. The molecule has 27 heavy (non-hydrogen) atoms. The van der Waals surface area contributed by atoms with Gasteiger partial charge in [0.1, 0.15) is 0 Å². The molecule has 1 aliphatic heterocycles. The lowest BCUT2D eigenvalue weighted by molar-refractivity contribution is -0.130. The van der Waals surface area contributed by atoms with Crippen LogP contribution in [0.4, 0.5) is 5.69 Å². The molecule has 0 unspecified atom stereocenters. The van der Waals surface area contributed by atoms with Crippen molar-refractivity contribution in [3.05, 3.63) is 59.7 Å². The zero-order valence-electron chi connectivity index (χ0n) is 15.7. The Hall–Kier alpha value is -2.38. The van der Waals surface area contributed by atoms with Gasteiger partial charge in [0.15, 0.2) is 0 Å². The van der Waals surface area contributed by atoms with Crippen LogP contribution in [-0.4, -0.2) is 51.9 Å². The van der Waals surface area contributed by atoms with Crippen molar-refractivity contribution in [1.29, 1.82) is 0 Å². The van der Waals surface area contributed by atoms with Crippen LogP contribution in [-0.2, 0) is 14.8 Å². The fraction of sp³-hybridized carbons (Fsp3) is 0.350. The molecule has 2 aromatic rings. The van der Waals surface area contributed by atoms with Gasteiger partial charge in [-0.2, -0.15) is 0 Å². The van der Waals surface area contributed by atoms with Crippen LogP contribution in [0.15, 0.2) is 53.4 Å². The monoisotopic (exact) mass is 387 g/mol. The van der Waals surface area contributed by atoms with E-state index in [0.29, 0.717) is 13.1 Å². The average molecular weight is 388 g/mol. The summed E-state index contributed by atoms with van der Waals surface area (Å²) in [5.41, 5.74) is 3.38. The molecular weight excluding hydrogens is 362 g/mol. The van der Waals surface area contributed by atoms with Crippen LogP contribution in [0.3, 0.4) is 0 Å². The Kier molecular flexibility index (Phi) is 5.82. The largest absolute Gasteiger partial charge is 0.368 e. The van der Waals surface area contributed by atoms with Crippen LogP contribution in [0.25, 0.3) is 0 Å². The van der Waals surface area contributed by atoms with Gasteiger partial charge < -0.3 is 9.80 Å². The summed E-state index contributed by atoms with van der Waals surface area (Å²) in [6, 6.07) is 14.8. The molecular formula is C20H25N3O3S. The number of benzene rings is 2. The first-order chi connectivity index (χ1) is 12.9. The maximum Gasteiger partial charge on any atom is 0.241 e. The van der Waals surface area contributed by atoms with Gasteiger partial charge in [0, 0.05) is 31.9 Å². The number of nitrogens with one attached hydrogen (secondary N) is 1. The molecule has 2 aromatic carbocycles. The zero-order valence-corrected chi connectivity index (χ0v) is 16.5. The molecule has 0 aliphatic carbocycles. The SMILES string of the molecule is Cc1ccc(S(=O)(=O)NCC(=O)N2CCN(c3ccccc3C)CC2)cc1. The highest BCUT2D eigenvalue weighted by Crippen LogP contribution is 2.20. The lowest BCUT2D eigenvalue weighted by Gasteiger charge is -2.36. The highest BCUT2D eigenvalue weighted by molar-refractivity contribution is 7.89. The number of carbonyl (C=O) groups excluding carboxylic acids is 1. The molecule has 0 radical (unpaired) electrons. The first-order valence-electron chi connectivity index (χ1n) is 9.01. The maximum absolute atomic E-state index is 12.4. The van der Waals surface area contributed by atoms with Crippen molar-refractivity contribution in [2.24, 2.45) is 0 Å². The van der Waals surface area contributed by atoms with E-state index >= 15 is 0 Å². The summed E-state index contributed by atoms with van der Waals surface area (Å²) in [5.74, 6) is -0.199. The fourth-order valence-corrected chi connectivity index (χ4v) is 4.16. The number of para-hydroxylation sites is 1. The Morgan fingerprint density at radius 2 is 1.59 bits per heavy atom. The van der Waals surface area contributed by atoms with Crippen LogP contribution >= 0.6 is 0 Å². The number of hydrogen-bond donors (Lipinski definition) is 1. The van der Waals surface area contributed by atoms with Crippen LogP contribution in [0.1, 0.15) is 11.1 Å². The molecule has 1 heterocycles. The average Bonchev–Trinajstić information content (AvgIpc) is 2.67. The molecule has 144 valence electrons. The van der Waals surface area contributed by atoms with E-state index in [9.17, 15) is 13.2 Å². The summed E-state index contributed by atoms with van der Waals surface area (Å²) in [6.45, 7) is 6.39. The Morgan fingerprint density at radius 1 is 0.963 bits per heavy atom. The maximum atomic E-state index is 12.4. The van der Waals surface area contributed by atoms with Crippen molar-refractivity contribution in [1.82, 2.24) is 9.62 Å². The lowest BCUT2D eigenvalue weighted by Crippen LogP contribution is -2.51. The summed E-state index contributed by atoms with van der Waals surface area (Å²) in [5, 5.41) is 0. The Labute approximate surface area is 160 Å². The van der Waals surface area contributed by atoms with Crippen molar-refractivity contribution in [2.45, 2.75) is 18.7 Å². The molecule has 1 aliphatic rings. The number of sulfonamides is 1. The molecule has 1 amide bonds. The van der Waals surface area contributed by atoms with Crippen LogP contribution in [0.5, 0.6) is 0 Å². The number of nitrogens with zero attached hydrogens (tertiary/aromatic N) is 2. The molecule has 1 fully saturated rings. The van der Waals surface area contributed by atoms with E-state index in [1.165, 1.54) is 11.3 Å². The van der Waals surface area contributed by atoms with E-state index in [2.05, 4.69) is 28.7 Å². The van der Waals surface area contributed by atoms with Gasteiger partial charge in [-0.3, -0.25) is 4.79 Å². The second kappa shape index (κ2) is 8.10. The summed E-state index contributed by atoms with van der Waals surface area (Å²) >= 11 is 0. The van der Waals surface area contributed by atoms with Gasteiger partial charge in [0.2, 0.25) is 15.9 Å². The van der Waals surface area contributed by atoms with Gasteiger partial charge >= 0.3 is 0 Å². The van der Waals surface area contributed by atoms with Gasteiger partial charge in [-0.15, -0.1) is 0 Å². The predicted octanol–water partition coefficient (Wildman–Crippen LogP) is 1.93. The number of rotatable bonds is 5. The van der Waals surface area contributed by atoms with E-state index < -0.39 is 10.0 Å². The standard InChI is InChI=1S/C20H25N3O3S/c1-16-7-9-18(10-8-16)27(25,26)21-15-20(24)23-13-11-22(12-14-23)19-6-4-3-5-17(19)2/h3-10,21H,11-15H2,1-2H3. The number of carbonyl (C=O) groups is 1. The number of anilines is 1. The number of aryl methyl sites for hydroxylation is 2. The van der Waals surface area contributed by atoms with E-state index in [1.54, 1.807) is 29.2 Å². The topological polar surface area (TPSA) is 69.7 Å².